The summed E-state index contributed by atoms with van der Waals surface area (Å²) < 4.78 is 0. The van der Waals surface area contributed by atoms with E-state index in [0.717, 1.165) is 6.54 Å². The van der Waals surface area contributed by atoms with E-state index in [1.54, 1.807) is 0 Å². The highest BCUT2D eigenvalue weighted by Crippen LogP contribution is 2.31. The van der Waals surface area contributed by atoms with E-state index in [1.165, 1.54) is 38.9 Å². The Morgan fingerprint density at radius 1 is 0.842 bits per heavy atom. The molecule has 1 N–H and O–H groups in total. The average molecular weight is 253 g/mol. The summed E-state index contributed by atoms with van der Waals surface area (Å²) in [6.45, 7) is 9.64. The Morgan fingerprint density at radius 2 is 1.47 bits per heavy atom. The van der Waals surface area contributed by atoms with Gasteiger partial charge in [-0.15, -0.1) is 0 Å². The lowest BCUT2D eigenvalue weighted by Crippen LogP contribution is -2.07. The van der Waals surface area contributed by atoms with Crippen LogP contribution in [0.4, 0.5) is 0 Å². The van der Waals surface area contributed by atoms with Crippen molar-refractivity contribution in [3.8, 4) is 11.1 Å². The molecule has 1 nitrogen and oxygen atoms in total. The van der Waals surface area contributed by atoms with Crippen LogP contribution in [0.25, 0.3) is 11.1 Å². The zero-order chi connectivity index (χ0) is 14.0. The molecule has 0 bridgehead atoms. The molecule has 19 heavy (non-hydrogen) atoms. The molecule has 0 spiro atoms. The molecule has 0 radical (unpaired) electrons. The fourth-order valence-electron chi connectivity index (χ4n) is 2.87. The van der Waals surface area contributed by atoms with Crippen molar-refractivity contribution < 1.29 is 0 Å². The van der Waals surface area contributed by atoms with Gasteiger partial charge in [-0.05, 0) is 62.6 Å². The molecule has 0 fully saturated rings. The van der Waals surface area contributed by atoms with Gasteiger partial charge in [0.05, 0.1) is 0 Å². The second-order valence-electron chi connectivity index (χ2n) is 5.46. The number of nitrogens with one attached hydrogen (secondary N) is 1. The van der Waals surface area contributed by atoms with Gasteiger partial charge in [-0.3, -0.25) is 0 Å². The molecule has 0 heterocycles. The van der Waals surface area contributed by atoms with Gasteiger partial charge < -0.3 is 5.32 Å². The number of aryl methyl sites for hydroxylation is 4. The maximum atomic E-state index is 3.26. The second-order valence-corrected chi connectivity index (χ2v) is 5.46. The van der Waals surface area contributed by atoms with Crippen molar-refractivity contribution in [3.05, 3.63) is 58.1 Å². The lowest BCUT2D eigenvalue weighted by atomic mass is 9.90. The lowest BCUT2D eigenvalue weighted by Gasteiger charge is -2.16. The van der Waals surface area contributed by atoms with Gasteiger partial charge in [-0.25, -0.2) is 0 Å². The van der Waals surface area contributed by atoms with Crippen LogP contribution in [0.5, 0.6) is 0 Å². The Bertz CT molecular complexity index is 574. The topological polar surface area (TPSA) is 12.0 Å². The molecule has 0 unspecified atom stereocenters. The van der Waals surface area contributed by atoms with Crippen LogP contribution in [0, 0.1) is 27.7 Å². The quantitative estimate of drug-likeness (QED) is 0.859. The molecule has 0 aliphatic carbocycles. The first kappa shape index (κ1) is 13.8. The summed E-state index contributed by atoms with van der Waals surface area (Å²) in [6, 6.07) is 11.3. The summed E-state index contributed by atoms with van der Waals surface area (Å²) in [5, 5.41) is 3.26. The van der Waals surface area contributed by atoms with Crippen molar-refractivity contribution in [1.29, 1.82) is 0 Å². The molecule has 2 rings (SSSR count). The van der Waals surface area contributed by atoms with Crippen molar-refractivity contribution in [3.63, 3.8) is 0 Å². The first-order chi connectivity index (χ1) is 9.02. The van der Waals surface area contributed by atoms with Gasteiger partial charge in [0.25, 0.3) is 0 Å². The van der Waals surface area contributed by atoms with Crippen LogP contribution in [0.15, 0.2) is 30.3 Å². The molecule has 0 saturated carbocycles. The standard InChI is InChI=1S/C18H23N/c1-12-6-7-16(11-19-5)17(10-12)18-14(3)8-13(2)9-15(18)4/h6-10,19H,11H2,1-5H3. The van der Waals surface area contributed by atoms with Gasteiger partial charge in [0, 0.05) is 6.54 Å². The van der Waals surface area contributed by atoms with Crippen LogP contribution in [0.3, 0.4) is 0 Å². The summed E-state index contributed by atoms with van der Waals surface area (Å²) >= 11 is 0. The predicted octanol–water partition coefficient (Wildman–Crippen LogP) is 4.31. The fraction of sp³-hybridized carbons (Fsp3) is 0.333. The molecular formula is C18H23N. The number of benzene rings is 2. The molecule has 0 saturated heterocycles. The van der Waals surface area contributed by atoms with Crippen molar-refractivity contribution >= 4 is 0 Å². The SMILES string of the molecule is CNCc1ccc(C)cc1-c1c(C)cc(C)cc1C. The van der Waals surface area contributed by atoms with Gasteiger partial charge in [0.1, 0.15) is 0 Å². The first-order valence-electron chi connectivity index (χ1n) is 6.85. The van der Waals surface area contributed by atoms with Crippen LogP contribution in [-0.4, -0.2) is 7.05 Å². The summed E-state index contributed by atoms with van der Waals surface area (Å²) in [5.74, 6) is 0. The van der Waals surface area contributed by atoms with E-state index in [-0.39, 0.29) is 0 Å². The van der Waals surface area contributed by atoms with Crippen molar-refractivity contribution in [1.82, 2.24) is 5.32 Å². The molecule has 0 amide bonds. The Balaban J connectivity index is 2.67. The highest BCUT2D eigenvalue weighted by molar-refractivity contribution is 5.74. The number of hydrogen-bond acceptors (Lipinski definition) is 1. The number of hydrogen-bond donors (Lipinski definition) is 1. The fourth-order valence-corrected chi connectivity index (χ4v) is 2.87. The molecule has 0 aliphatic rings. The molecule has 100 valence electrons. The third kappa shape index (κ3) is 2.87. The zero-order valence-electron chi connectivity index (χ0n) is 12.6. The van der Waals surface area contributed by atoms with Gasteiger partial charge in [-0.1, -0.05) is 41.5 Å². The van der Waals surface area contributed by atoms with Crippen LogP contribution in [-0.2, 0) is 6.54 Å². The average Bonchev–Trinajstić information content (AvgIpc) is 2.31. The molecule has 1 heteroatoms. The highest BCUT2D eigenvalue weighted by atomic mass is 14.8. The minimum absolute atomic E-state index is 0.905. The van der Waals surface area contributed by atoms with Gasteiger partial charge >= 0.3 is 0 Å². The van der Waals surface area contributed by atoms with E-state index in [9.17, 15) is 0 Å². The van der Waals surface area contributed by atoms with Crippen LogP contribution in [0.2, 0.25) is 0 Å². The molecule has 0 aliphatic heterocycles. The zero-order valence-corrected chi connectivity index (χ0v) is 12.6. The molecule has 0 aromatic heterocycles. The summed E-state index contributed by atoms with van der Waals surface area (Å²) in [7, 11) is 2.00. The van der Waals surface area contributed by atoms with E-state index >= 15 is 0 Å². The number of rotatable bonds is 3. The normalized spacial score (nSPS) is 10.8. The van der Waals surface area contributed by atoms with E-state index in [0.29, 0.717) is 0 Å². The lowest BCUT2D eigenvalue weighted by molar-refractivity contribution is 0.819. The predicted molar refractivity (Wildman–Crippen MR) is 83.6 cm³/mol. The van der Waals surface area contributed by atoms with E-state index < -0.39 is 0 Å². The van der Waals surface area contributed by atoms with Crippen LogP contribution >= 0.6 is 0 Å². The highest BCUT2D eigenvalue weighted by Gasteiger charge is 2.11. The maximum absolute atomic E-state index is 3.26. The first-order valence-corrected chi connectivity index (χ1v) is 6.85. The van der Waals surface area contributed by atoms with Crippen LogP contribution < -0.4 is 5.32 Å². The van der Waals surface area contributed by atoms with Gasteiger partial charge in [0.15, 0.2) is 0 Å². The van der Waals surface area contributed by atoms with Gasteiger partial charge in [-0.2, -0.15) is 0 Å². The molecule has 2 aromatic carbocycles. The van der Waals surface area contributed by atoms with Crippen molar-refractivity contribution in [2.75, 3.05) is 7.05 Å². The second kappa shape index (κ2) is 5.58. The smallest absolute Gasteiger partial charge is 0.0208 e. The Labute approximate surface area is 116 Å². The molecule has 0 atom stereocenters. The summed E-state index contributed by atoms with van der Waals surface area (Å²) in [6.07, 6.45) is 0. The largest absolute Gasteiger partial charge is 0.316 e. The van der Waals surface area contributed by atoms with E-state index in [1.807, 2.05) is 7.05 Å². The Morgan fingerprint density at radius 3 is 2.05 bits per heavy atom. The third-order valence-electron chi connectivity index (χ3n) is 3.58. The molecular weight excluding hydrogens is 230 g/mol. The Hall–Kier alpha value is -1.60. The summed E-state index contributed by atoms with van der Waals surface area (Å²) in [5.41, 5.74) is 9.49. The van der Waals surface area contributed by atoms with E-state index in [4.69, 9.17) is 0 Å². The maximum Gasteiger partial charge on any atom is 0.0208 e. The minimum Gasteiger partial charge on any atom is -0.316 e. The monoisotopic (exact) mass is 253 g/mol. The van der Waals surface area contributed by atoms with E-state index in [2.05, 4.69) is 63.3 Å². The van der Waals surface area contributed by atoms with Crippen LogP contribution in [0.1, 0.15) is 27.8 Å². The third-order valence-corrected chi connectivity index (χ3v) is 3.58. The summed E-state index contributed by atoms with van der Waals surface area (Å²) in [4.78, 5) is 0. The van der Waals surface area contributed by atoms with Crippen molar-refractivity contribution in [2.24, 2.45) is 0 Å². The van der Waals surface area contributed by atoms with Crippen molar-refractivity contribution in [2.45, 2.75) is 34.2 Å². The minimum atomic E-state index is 0.905. The molecule has 2 aromatic rings. The van der Waals surface area contributed by atoms with Gasteiger partial charge in [0.2, 0.25) is 0 Å². The Kier molecular flexibility index (Phi) is 4.06.